The fraction of sp³-hybridized carbons (Fsp3) is 0.556. The zero-order valence-corrected chi connectivity index (χ0v) is 13.1. The van der Waals surface area contributed by atoms with Gasteiger partial charge in [-0.25, -0.2) is 0 Å². The van der Waals surface area contributed by atoms with E-state index in [2.05, 4.69) is 30.5 Å². The Kier molecular flexibility index (Phi) is 5.83. The van der Waals surface area contributed by atoms with E-state index in [1.165, 1.54) is 5.56 Å². The van der Waals surface area contributed by atoms with Crippen LogP contribution in [0.3, 0.4) is 0 Å². The Hall–Kier alpha value is -1.32. The molecule has 0 unspecified atom stereocenters. The molecule has 21 heavy (non-hydrogen) atoms. The monoisotopic (exact) mass is 289 g/mol. The zero-order chi connectivity index (χ0) is 15.1. The van der Waals surface area contributed by atoms with Crippen molar-refractivity contribution in [3.05, 3.63) is 42.5 Å². The molecule has 2 rings (SSSR count). The predicted molar refractivity (Wildman–Crippen MR) is 86.5 cm³/mol. The lowest BCUT2D eigenvalue weighted by Crippen LogP contribution is -2.41. The number of hydrogen-bond acceptors (Lipinski definition) is 3. The smallest absolute Gasteiger partial charge is 0.119 e. The van der Waals surface area contributed by atoms with Crippen molar-refractivity contribution in [2.75, 3.05) is 26.3 Å². The van der Waals surface area contributed by atoms with Gasteiger partial charge in [-0.05, 0) is 55.5 Å². The average molecular weight is 289 g/mol. The fourth-order valence-electron chi connectivity index (χ4n) is 2.91. The molecular weight excluding hydrogens is 262 g/mol. The third-order valence-corrected chi connectivity index (χ3v) is 4.70. The second-order valence-electron chi connectivity index (χ2n) is 6.03. The summed E-state index contributed by atoms with van der Waals surface area (Å²) in [6, 6.07) is 8.30. The van der Waals surface area contributed by atoms with Crippen molar-refractivity contribution in [2.45, 2.75) is 32.7 Å². The van der Waals surface area contributed by atoms with Gasteiger partial charge in [-0.1, -0.05) is 31.7 Å². The highest BCUT2D eigenvalue weighted by atomic mass is 16.5. The summed E-state index contributed by atoms with van der Waals surface area (Å²) in [5.41, 5.74) is 1.48. The first kappa shape index (κ1) is 16.1. The van der Waals surface area contributed by atoms with Crippen LogP contribution in [-0.2, 0) is 6.54 Å². The van der Waals surface area contributed by atoms with E-state index in [0.717, 1.165) is 44.6 Å². The number of benzene rings is 1. The van der Waals surface area contributed by atoms with Gasteiger partial charge in [0.2, 0.25) is 0 Å². The summed E-state index contributed by atoms with van der Waals surface area (Å²) in [7, 11) is 0. The maximum absolute atomic E-state index is 9.58. The minimum Gasteiger partial charge on any atom is -0.490 e. The highest BCUT2D eigenvalue weighted by molar-refractivity contribution is 5.27. The Balaban J connectivity index is 1.84. The Morgan fingerprint density at radius 3 is 2.48 bits per heavy atom. The van der Waals surface area contributed by atoms with Crippen molar-refractivity contribution in [3.8, 4) is 5.75 Å². The van der Waals surface area contributed by atoms with E-state index < -0.39 is 0 Å². The first-order valence-corrected chi connectivity index (χ1v) is 7.87. The quantitative estimate of drug-likeness (QED) is 0.782. The lowest BCUT2D eigenvalue weighted by molar-refractivity contribution is 0.0382. The Labute approximate surface area is 128 Å². The molecule has 0 bridgehead atoms. The summed E-state index contributed by atoms with van der Waals surface area (Å²) in [6.45, 7) is 9.83. The lowest BCUT2D eigenvalue weighted by Gasteiger charge is -2.40. The van der Waals surface area contributed by atoms with Gasteiger partial charge in [-0.2, -0.15) is 0 Å². The summed E-state index contributed by atoms with van der Waals surface area (Å²) in [5.74, 6) is 0.891. The van der Waals surface area contributed by atoms with Gasteiger partial charge in [-0.3, -0.25) is 4.90 Å². The molecule has 1 fully saturated rings. The van der Waals surface area contributed by atoms with Crippen LogP contribution in [0.2, 0.25) is 0 Å². The standard InChI is InChI=1S/C18H27NO2/c1-3-13-21-17-7-5-16(6-8-17)14-19-11-9-18(4-2,15-20)10-12-19/h3,5-8,20H,1,4,9-15H2,2H3. The SMILES string of the molecule is C=CCOc1ccc(CN2CCC(CC)(CO)CC2)cc1. The van der Waals surface area contributed by atoms with Crippen LogP contribution in [0.5, 0.6) is 5.75 Å². The van der Waals surface area contributed by atoms with Crippen LogP contribution in [0.1, 0.15) is 31.7 Å². The number of rotatable bonds is 7. The van der Waals surface area contributed by atoms with E-state index in [9.17, 15) is 5.11 Å². The molecule has 1 aliphatic rings. The minimum atomic E-state index is 0.166. The van der Waals surface area contributed by atoms with Gasteiger partial charge in [0, 0.05) is 13.2 Å². The third-order valence-electron chi connectivity index (χ3n) is 4.70. The van der Waals surface area contributed by atoms with Crippen molar-refractivity contribution in [1.82, 2.24) is 4.90 Å². The number of aliphatic hydroxyl groups is 1. The Morgan fingerprint density at radius 2 is 1.95 bits per heavy atom. The van der Waals surface area contributed by atoms with Gasteiger partial charge in [0.15, 0.2) is 0 Å². The van der Waals surface area contributed by atoms with Crippen LogP contribution < -0.4 is 4.74 Å². The highest BCUT2D eigenvalue weighted by Crippen LogP contribution is 2.34. The molecule has 3 heteroatoms. The van der Waals surface area contributed by atoms with Crippen LogP contribution in [0.4, 0.5) is 0 Å². The van der Waals surface area contributed by atoms with Gasteiger partial charge in [0.25, 0.3) is 0 Å². The molecule has 1 aromatic rings. The maximum atomic E-state index is 9.58. The molecule has 1 aliphatic heterocycles. The van der Waals surface area contributed by atoms with Gasteiger partial charge in [-0.15, -0.1) is 0 Å². The molecule has 0 atom stereocenters. The van der Waals surface area contributed by atoms with E-state index in [1.54, 1.807) is 6.08 Å². The second kappa shape index (κ2) is 7.62. The number of nitrogens with zero attached hydrogens (tertiary/aromatic N) is 1. The van der Waals surface area contributed by atoms with Crippen molar-refractivity contribution in [1.29, 1.82) is 0 Å². The molecule has 0 aromatic heterocycles. The number of ether oxygens (including phenoxy) is 1. The van der Waals surface area contributed by atoms with Gasteiger partial charge in [0.05, 0.1) is 0 Å². The van der Waals surface area contributed by atoms with Crippen molar-refractivity contribution in [3.63, 3.8) is 0 Å². The molecule has 1 heterocycles. The van der Waals surface area contributed by atoms with Crippen LogP contribution in [0.25, 0.3) is 0 Å². The van der Waals surface area contributed by atoms with E-state index in [0.29, 0.717) is 13.2 Å². The van der Waals surface area contributed by atoms with Crippen LogP contribution in [0, 0.1) is 5.41 Å². The maximum Gasteiger partial charge on any atom is 0.119 e. The summed E-state index contributed by atoms with van der Waals surface area (Å²) in [5, 5.41) is 9.58. The summed E-state index contributed by atoms with van der Waals surface area (Å²) < 4.78 is 5.50. The zero-order valence-electron chi connectivity index (χ0n) is 13.1. The highest BCUT2D eigenvalue weighted by Gasteiger charge is 2.32. The van der Waals surface area contributed by atoms with E-state index in [4.69, 9.17) is 4.74 Å². The van der Waals surface area contributed by atoms with Gasteiger partial charge >= 0.3 is 0 Å². The third kappa shape index (κ3) is 4.32. The molecule has 0 amide bonds. The van der Waals surface area contributed by atoms with E-state index >= 15 is 0 Å². The molecule has 0 aliphatic carbocycles. The van der Waals surface area contributed by atoms with Crippen LogP contribution >= 0.6 is 0 Å². The summed E-state index contributed by atoms with van der Waals surface area (Å²) in [4.78, 5) is 2.48. The average Bonchev–Trinajstić information content (AvgIpc) is 2.55. The molecule has 0 saturated carbocycles. The normalized spacial score (nSPS) is 18.4. The molecule has 0 spiro atoms. The number of likely N-dealkylation sites (tertiary alicyclic amines) is 1. The molecular formula is C18H27NO2. The van der Waals surface area contributed by atoms with Gasteiger partial charge < -0.3 is 9.84 Å². The molecule has 1 aromatic carbocycles. The molecule has 1 N–H and O–H groups in total. The minimum absolute atomic E-state index is 0.166. The lowest BCUT2D eigenvalue weighted by atomic mass is 9.77. The van der Waals surface area contributed by atoms with Crippen LogP contribution in [0.15, 0.2) is 36.9 Å². The van der Waals surface area contributed by atoms with Crippen molar-refractivity contribution >= 4 is 0 Å². The fourth-order valence-corrected chi connectivity index (χ4v) is 2.91. The van der Waals surface area contributed by atoms with Crippen molar-refractivity contribution < 1.29 is 9.84 Å². The Bertz CT molecular complexity index is 427. The predicted octanol–water partition coefficient (Wildman–Crippen LogP) is 3.24. The van der Waals surface area contributed by atoms with E-state index in [-0.39, 0.29) is 5.41 Å². The first-order chi connectivity index (χ1) is 10.2. The Morgan fingerprint density at radius 1 is 1.29 bits per heavy atom. The van der Waals surface area contributed by atoms with Crippen LogP contribution in [-0.4, -0.2) is 36.3 Å². The molecule has 1 saturated heterocycles. The van der Waals surface area contributed by atoms with Gasteiger partial charge in [0.1, 0.15) is 12.4 Å². The topological polar surface area (TPSA) is 32.7 Å². The first-order valence-electron chi connectivity index (χ1n) is 7.87. The largest absolute Gasteiger partial charge is 0.490 e. The second-order valence-corrected chi connectivity index (χ2v) is 6.03. The number of aliphatic hydroxyl groups excluding tert-OH is 1. The summed E-state index contributed by atoms with van der Waals surface area (Å²) in [6.07, 6.45) is 5.02. The molecule has 116 valence electrons. The van der Waals surface area contributed by atoms with Crippen molar-refractivity contribution in [2.24, 2.45) is 5.41 Å². The summed E-state index contributed by atoms with van der Waals surface area (Å²) >= 11 is 0. The number of piperidine rings is 1. The molecule has 3 nitrogen and oxygen atoms in total. The number of hydrogen-bond donors (Lipinski definition) is 1. The van der Waals surface area contributed by atoms with E-state index in [1.807, 2.05) is 12.1 Å². The molecule has 0 radical (unpaired) electrons.